The third-order valence-electron chi connectivity index (χ3n) is 0.423. The minimum atomic E-state index is 0.816. The molecular formula is C9H12. The molecule has 0 saturated heterocycles. The lowest BCUT2D eigenvalue weighted by atomic mass is 10.4. The number of hydrogen-bond acceptors (Lipinski definition) is 0. The van der Waals surface area contributed by atoms with E-state index in [4.69, 9.17) is 0 Å². The van der Waals surface area contributed by atoms with E-state index < -0.39 is 0 Å². The highest BCUT2D eigenvalue weighted by Crippen LogP contribution is 1.70. The van der Waals surface area contributed by atoms with Crippen LogP contribution in [0.5, 0.6) is 0 Å². The summed E-state index contributed by atoms with van der Waals surface area (Å²) in [6, 6.07) is 0. The van der Waals surface area contributed by atoms with E-state index in [1.54, 1.807) is 6.08 Å². The molecule has 0 aliphatic carbocycles. The van der Waals surface area contributed by atoms with Crippen molar-refractivity contribution in [3.63, 3.8) is 0 Å². The molecule has 0 N–H and O–H groups in total. The second kappa shape index (κ2) is 15.8. The highest BCUT2D eigenvalue weighted by Gasteiger charge is 1.55. The monoisotopic (exact) mass is 120 g/mol. The van der Waals surface area contributed by atoms with Gasteiger partial charge in [0.1, 0.15) is 0 Å². The van der Waals surface area contributed by atoms with Gasteiger partial charge in [-0.25, -0.2) is 0 Å². The molecule has 0 spiro atoms. The summed E-state index contributed by atoms with van der Waals surface area (Å²) in [5, 5.41) is 0. The number of hydrogen-bond donors (Lipinski definition) is 0. The van der Waals surface area contributed by atoms with Gasteiger partial charge in [-0.15, -0.1) is 18.2 Å². The first-order valence-corrected chi connectivity index (χ1v) is 2.63. The van der Waals surface area contributed by atoms with E-state index in [0.29, 0.717) is 0 Å². The lowest BCUT2D eigenvalue weighted by Crippen LogP contribution is -1.49. The van der Waals surface area contributed by atoms with Gasteiger partial charge >= 0.3 is 0 Å². The molecule has 0 bridgehead atoms. The van der Waals surface area contributed by atoms with Gasteiger partial charge in [0.05, 0.1) is 0 Å². The fraction of sp³-hybridized carbons (Fsp3) is 0.222. The first kappa shape index (κ1) is 10.7. The second-order valence-electron chi connectivity index (χ2n) is 1.17. The largest absolute Gasteiger partial charge is 0.137 e. The molecular weight excluding hydrogens is 108 g/mol. The molecule has 0 aromatic heterocycles. The zero-order valence-corrected chi connectivity index (χ0v) is 5.91. The quantitative estimate of drug-likeness (QED) is 0.283. The standard InChI is InChI=1S/C6H8.C3H4/c1-3-5-6-4-2;1-3-2/h3H,1,5H2,2H3;1-2H2. The van der Waals surface area contributed by atoms with Crippen molar-refractivity contribution in [3.8, 4) is 11.8 Å². The summed E-state index contributed by atoms with van der Waals surface area (Å²) in [6.07, 6.45) is 2.60. The first-order valence-electron chi connectivity index (χ1n) is 2.63. The highest BCUT2D eigenvalue weighted by molar-refractivity contribution is 4.99. The molecule has 0 amide bonds. The molecule has 0 heteroatoms. The SMILES string of the molecule is C=C=C.C=CCC#CC. The molecule has 0 atom stereocenters. The molecule has 0 rings (SSSR count). The van der Waals surface area contributed by atoms with Crippen molar-refractivity contribution >= 4 is 0 Å². The van der Waals surface area contributed by atoms with Crippen molar-refractivity contribution in [1.82, 2.24) is 0 Å². The minimum Gasteiger partial charge on any atom is -0.137 e. The molecule has 0 heterocycles. The molecule has 0 unspecified atom stereocenters. The molecule has 0 saturated carbocycles. The van der Waals surface area contributed by atoms with Crippen LogP contribution in [0.15, 0.2) is 31.5 Å². The van der Waals surface area contributed by atoms with Crippen LogP contribution in [0.1, 0.15) is 13.3 Å². The summed E-state index contributed by atoms with van der Waals surface area (Å²) in [5.74, 6) is 5.58. The Balaban J connectivity index is 0. The molecule has 9 heavy (non-hydrogen) atoms. The Morgan fingerprint density at radius 2 is 1.89 bits per heavy atom. The molecule has 0 radical (unpaired) electrons. The summed E-state index contributed by atoms with van der Waals surface area (Å²) >= 11 is 0. The second-order valence-corrected chi connectivity index (χ2v) is 1.17. The fourth-order valence-corrected chi connectivity index (χ4v) is 0.174. The van der Waals surface area contributed by atoms with Gasteiger partial charge in [0, 0.05) is 6.42 Å². The van der Waals surface area contributed by atoms with Crippen molar-refractivity contribution in [3.05, 3.63) is 31.5 Å². The Labute approximate surface area is 57.6 Å². The zero-order valence-electron chi connectivity index (χ0n) is 5.91. The van der Waals surface area contributed by atoms with Crippen LogP contribution in [0.2, 0.25) is 0 Å². The van der Waals surface area contributed by atoms with Crippen LogP contribution in [0.25, 0.3) is 0 Å². The summed E-state index contributed by atoms with van der Waals surface area (Å²) in [7, 11) is 0. The smallest absolute Gasteiger partial charge is 0.0267 e. The van der Waals surface area contributed by atoms with E-state index in [1.807, 2.05) is 6.92 Å². The summed E-state index contributed by atoms with van der Waals surface area (Å²) in [6.45, 7) is 11.6. The van der Waals surface area contributed by atoms with Gasteiger partial charge in [-0.05, 0) is 6.92 Å². The molecule has 0 aliphatic rings. The third kappa shape index (κ3) is 47.8. The maximum atomic E-state index is 3.50. The Kier molecular flexibility index (Phi) is 18.9. The highest BCUT2D eigenvalue weighted by atomic mass is 13.6. The maximum Gasteiger partial charge on any atom is 0.0267 e. The van der Waals surface area contributed by atoms with Gasteiger partial charge in [-0.2, -0.15) is 0 Å². The van der Waals surface area contributed by atoms with Crippen LogP contribution < -0.4 is 0 Å². The van der Waals surface area contributed by atoms with Crippen LogP contribution in [0, 0.1) is 11.8 Å². The molecule has 0 nitrogen and oxygen atoms in total. The molecule has 0 aromatic carbocycles. The van der Waals surface area contributed by atoms with Crippen molar-refractivity contribution in [1.29, 1.82) is 0 Å². The van der Waals surface area contributed by atoms with E-state index in [-0.39, 0.29) is 0 Å². The molecule has 0 fully saturated rings. The first-order chi connectivity index (χ1) is 4.33. The molecule has 48 valence electrons. The summed E-state index contributed by atoms with van der Waals surface area (Å²) < 4.78 is 0. The lowest BCUT2D eigenvalue weighted by molar-refractivity contribution is 1.48. The van der Waals surface area contributed by atoms with Gasteiger partial charge in [0.25, 0.3) is 0 Å². The van der Waals surface area contributed by atoms with Crippen LogP contribution in [-0.4, -0.2) is 0 Å². The van der Waals surface area contributed by atoms with Crippen molar-refractivity contribution in [2.75, 3.05) is 0 Å². The van der Waals surface area contributed by atoms with Gasteiger partial charge in [0.2, 0.25) is 0 Å². The van der Waals surface area contributed by atoms with Crippen molar-refractivity contribution in [2.24, 2.45) is 0 Å². The van der Waals surface area contributed by atoms with Crippen molar-refractivity contribution < 1.29 is 0 Å². The average molecular weight is 120 g/mol. The predicted octanol–water partition coefficient (Wildman–Crippen LogP) is 2.54. The summed E-state index contributed by atoms with van der Waals surface area (Å²) in [5.41, 5.74) is 2.25. The van der Waals surface area contributed by atoms with Gasteiger partial charge in [-0.1, -0.05) is 25.2 Å². The van der Waals surface area contributed by atoms with Gasteiger partial charge < -0.3 is 0 Å². The topological polar surface area (TPSA) is 0 Å². The predicted molar refractivity (Wildman–Crippen MR) is 43.0 cm³/mol. The van der Waals surface area contributed by atoms with E-state index >= 15 is 0 Å². The van der Waals surface area contributed by atoms with E-state index in [9.17, 15) is 0 Å². The maximum absolute atomic E-state index is 3.50. The number of allylic oxidation sites excluding steroid dienone is 1. The Bertz CT molecular complexity index is 135. The average Bonchev–Trinajstić information content (AvgIpc) is 1.86. The normalized spacial score (nSPS) is 4.56. The zero-order chi connectivity index (χ0) is 7.54. The van der Waals surface area contributed by atoms with Crippen LogP contribution in [0.3, 0.4) is 0 Å². The lowest BCUT2D eigenvalue weighted by Gasteiger charge is -1.64. The van der Waals surface area contributed by atoms with Crippen LogP contribution in [-0.2, 0) is 0 Å². The molecule has 0 aliphatic heterocycles. The Hall–Kier alpha value is -1.18. The Morgan fingerprint density at radius 1 is 1.44 bits per heavy atom. The van der Waals surface area contributed by atoms with Gasteiger partial charge in [0.15, 0.2) is 0 Å². The van der Waals surface area contributed by atoms with E-state index in [0.717, 1.165) is 6.42 Å². The minimum absolute atomic E-state index is 0.816. The van der Waals surface area contributed by atoms with Gasteiger partial charge in [-0.3, -0.25) is 0 Å². The molecule has 0 aromatic rings. The fourth-order valence-electron chi connectivity index (χ4n) is 0.174. The number of rotatable bonds is 1. The van der Waals surface area contributed by atoms with E-state index in [1.165, 1.54) is 0 Å². The Morgan fingerprint density at radius 3 is 2.00 bits per heavy atom. The van der Waals surface area contributed by atoms with E-state index in [2.05, 4.69) is 37.3 Å². The van der Waals surface area contributed by atoms with Crippen LogP contribution in [0.4, 0.5) is 0 Å². The summed E-state index contributed by atoms with van der Waals surface area (Å²) in [4.78, 5) is 0. The third-order valence-corrected chi connectivity index (χ3v) is 0.423. The van der Waals surface area contributed by atoms with Crippen LogP contribution >= 0.6 is 0 Å². The van der Waals surface area contributed by atoms with Crippen molar-refractivity contribution in [2.45, 2.75) is 13.3 Å².